The normalized spacial score (nSPS) is 12.8. The summed E-state index contributed by atoms with van der Waals surface area (Å²) in [5, 5.41) is 10.1. The maximum atomic E-state index is 10.2. The molecular weight excluding hydrogens is 164 g/mol. The van der Waals surface area contributed by atoms with E-state index < -0.39 is 12.0 Å². The monoisotopic (exact) mass is 172 g/mol. The van der Waals surface area contributed by atoms with Crippen LogP contribution in [0.3, 0.4) is 0 Å². The Bertz CT molecular complexity index is 235. The molecule has 0 aliphatic rings. The quantitative estimate of drug-likeness (QED) is 0.700. The Morgan fingerprint density at radius 1 is 1.91 bits per heavy atom. The van der Waals surface area contributed by atoms with Gasteiger partial charge in [0.1, 0.15) is 0 Å². The lowest BCUT2D eigenvalue weighted by Crippen LogP contribution is -2.15. The summed E-state index contributed by atoms with van der Waals surface area (Å²) in [7, 11) is 0. The highest BCUT2D eigenvalue weighted by molar-refractivity contribution is 7.07. The van der Waals surface area contributed by atoms with Crippen LogP contribution in [0.5, 0.6) is 0 Å². The van der Waals surface area contributed by atoms with Gasteiger partial charge in [0, 0.05) is 5.38 Å². The van der Waals surface area contributed by atoms with Crippen LogP contribution in [0.2, 0.25) is 0 Å². The minimum absolute atomic E-state index is 0.0657. The van der Waals surface area contributed by atoms with Gasteiger partial charge in [-0.15, -0.1) is 11.3 Å². The molecule has 1 rings (SSSR count). The van der Waals surface area contributed by atoms with Gasteiger partial charge < -0.3 is 10.8 Å². The van der Waals surface area contributed by atoms with E-state index in [4.69, 9.17) is 10.8 Å². The first-order valence-electron chi connectivity index (χ1n) is 3.05. The van der Waals surface area contributed by atoms with Crippen LogP contribution in [0.4, 0.5) is 0 Å². The van der Waals surface area contributed by atoms with Crippen LogP contribution in [-0.4, -0.2) is 16.1 Å². The highest BCUT2D eigenvalue weighted by Gasteiger charge is 2.11. The van der Waals surface area contributed by atoms with E-state index in [2.05, 4.69) is 4.98 Å². The summed E-state index contributed by atoms with van der Waals surface area (Å²) < 4.78 is 0. The number of aromatic nitrogens is 1. The largest absolute Gasteiger partial charge is 0.481 e. The molecule has 0 bridgehead atoms. The minimum Gasteiger partial charge on any atom is -0.481 e. The number of carboxylic acids is 1. The first-order valence-corrected chi connectivity index (χ1v) is 4.00. The fourth-order valence-electron chi connectivity index (χ4n) is 0.698. The second-order valence-electron chi connectivity index (χ2n) is 2.12. The summed E-state index contributed by atoms with van der Waals surface area (Å²) in [4.78, 5) is 14.1. The van der Waals surface area contributed by atoms with Crippen LogP contribution < -0.4 is 5.73 Å². The minimum atomic E-state index is -0.898. The van der Waals surface area contributed by atoms with Crippen LogP contribution >= 0.6 is 11.3 Å². The topological polar surface area (TPSA) is 76.2 Å². The maximum Gasteiger partial charge on any atom is 0.305 e. The molecule has 11 heavy (non-hydrogen) atoms. The van der Waals surface area contributed by atoms with E-state index in [-0.39, 0.29) is 6.42 Å². The molecule has 5 heteroatoms. The van der Waals surface area contributed by atoms with Crippen molar-refractivity contribution in [3.8, 4) is 0 Å². The van der Waals surface area contributed by atoms with Gasteiger partial charge in [0.05, 0.1) is 23.7 Å². The average molecular weight is 172 g/mol. The van der Waals surface area contributed by atoms with Crippen molar-refractivity contribution in [1.29, 1.82) is 0 Å². The molecule has 1 heterocycles. The number of nitrogens with zero attached hydrogens (tertiary/aromatic N) is 1. The maximum absolute atomic E-state index is 10.2. The molecule has 1 aromatic rings. The fraction of sp³-hybridized carbons (Fsp3) is 0.333. The highest BCUT2D eigenvalue weighted by atomic mass is 32.1. The summed E-state index contributed by atoms with van der Waals surface area (Å²) >= 11 is 1.41. The zero-order chi connectivity index (χ0) is 8.27. The lowest BCUT2D eigenvalue weighted by Gasteiger charge is -2.03. The Morgan fingerprint density at radius 2 is 2.64 bits per heavy atom. The van der Waals surface area contributed by atoms with Crippen molar-refractivity contribution >= 4 is 17.3 Å². The van der Waals surface area contributed by atoms with Gasteiger partial charge in [0.25, 0.3) is 0 Å². The second kappa shape index (κ2) is 3.45. The lowest BCUT2D eigenvalue weighted by molar-refractivity contribution is -0.137. The van der Waals surface area contributed by atoms with Crippen LogP contribution in [0.25, 0.3) is 0 Å². The van der Waals surface area contributed by atoms with Gasteiger partial charge >= 0.3 is 5.97 Å². The van der Waals surface area contributed by atoms with E-state index in [0.717, 1.165) is 0 Å². The van der Waals surface area contributed by atoms with Crippen molar-refractivity contribution in [2.45, 2.75) is 12.5 Å². The van der Waals surface area contributed by atoms with Crippen molar-refractivity contribution in [2.75, 3.05) is 0 Å². The number of hydrogen-bond donors (Lipinski definition) is 2. The van der Waals surface area contributed by atoms with Crippen molar-refractivity contribution in [2.24, 2.45) is 5.73 Å². The van der Waals surface area contributed by atoms with E-state index in [1.807, 2.05) is 0 Å². The lowest BCUT2D eigenvalue weighted by atomic mass is 10.2. The Labute approximate surface area is 67.7 Å². The van der Waals surface area contributed by atoms with Gasteiger partial charge in [-0.05, 0) is 0 Å². The molecule has 1 unspecified atom stereocenters. The Hall–Kier alpha value is -0.940. The third kappa shape index (κ3) is 2.28. The SMILES string of the molecule is NC(CC(=O)O)c1cscn1. The van der Waals surface area contributed by atoms with Crippen molar-refractivity contribution in [3.63, 3.8) is 0 Å². The molecule has 3 N–H and O–H groups in total. The number of carbonyl (C=O) groups is 1. The molecule has 0 aliphatic heterocycles. The molecule has 0 radical (unpaired) electrons. The van der Waals surface area contributed by atoms with Crippen molar-refractivity contribution in [3.05, 3.63) is 16.6 Å². The molecule has 0 spiro atoms. The molecule has 0 aliphatic carbocycles. The van der Waals surface area contributed by atoms with Gasteiger partial charge in [0.2, 0.25) is 0 Å². The summed E-state index contributed by atoms with van der Waals surface area (Å²) in [6.07, 6.45) is -0.0657. The number of nitrogens with two attached hydrogens (primary N) is 1. The van der Waals surface area contributed by atoms with Gasteiger partial charge in [0.15, 0.2) is 0 Å². The van der Waals surface area contributed by atoms with Crippen molar-refractivity contribution < 1.29 is 9.90 Å². The summed E-state index contributed by atoms with van der Waals surface area (Å²) in [5.74, 6) is -0.898. The van der Waals surface area contributed by atoms with Crippen molar-refractivity contribution in [1.82, 2.24) is 4.98 Å². The molecule has 0 amide bonds. The first-order chi connectivity index (χ1) is 5.20. The molecular formula is C6H8N2O2S. The fourth-order valence-corrected chi connectivity index (χ4v) is 1.32. The molecule has 1 aromatic heterocycles. The second-order valence-corrected chi connectivity index (χ2v) is 2.84. The Kier molecular flexibility index (Phi) is 2.56. The van der Waals surface area contributed by atoms with Gasteiger partial charge in [-0.25, -0.2) is 4.98 Å². The smallest absolute Gasteiger partial charge is 0.305 e. The molecule has 0 saturated carbocycles. The number of hydrogen-bond acceptors (Lipinski definition) is 4. The number of aliphatic carboxylic acids is 1. The standard InChI is InChI=1S/C6H8N2O2S/c7-4(1-6(9)10)5-2-11-3-8-5/h2-4H,1,7H2,(H,9,10). The van der Waals surface area contributed by atoms with Crippen LogP contribution in [-0.2, 0) is 4.79 Å². The number of carboxylic acid groups (broad SMARTS) is 1. The van der Waals surface area contributed by atoms with E-state index in [9.17, 15) is 4.79 Å². The third-order valence-electron chi connectivity index (χ3n) is 1.23. The predicted octanol–water partition coefficient (Wildman–Crippen LogP) is 0.618. The molecule has 1 atom stereocenters. The Balaban J connectivity index is 2.56. The van der Waals surface area contributed by atoms with E-state index >= 15 is 0 Å². The first kappa shape index (κ1) is 8.16. The van der Waals surface area contributed by atoms with E-state index in [1.54, 1.807) is 10.9 Å². The highest BCUT2D eigenvalue weighted by Crippen LogP contribution is 2.12. The zero-order valence-electron chi connectivity index (χ0n) is 5.73. The van der Waals surface area contributed by atoms with E-state index in [1.165, 1.54) is 11.3 Å². The molecule has 0 saturated heterocycles. The molecule has 0 fully saturated rings. The molecule has 4 nitrogen and oxygen atoms in total. The third-order valence-corrected chi connectivity index (χ3v) is 1.83. The number of thiazole rings is 1. The van der Waals surface area contributed by atoms with Crippen LogP contribution in [0, 0.1) is 0 Å². The predicted molar refractivity (Wildman–Crippen MR) is 41.3 cm³/mol. The van der Waals surface area contributed by atoms with Gasteiger partial charge in [-0.3, -0.25) is 4.79 Å². The Morgan fingerprint density at radius 3 is 3.09 bits per heavy atom. The van der Waals surface area contributed by atoms with Crippen LogP contribution in [0.1, 0.15) is 18.2 Å². The molecule has 0 aromatic carbocycles. The molecule has 60 valence electrons. The summed E-state index contributed by atoms with van der Waals surface area (Å²) in [5.41, 5.74) is 7.79. The summed E-state index contributed by atoms with van der Waals surface area (Å²) in [6.45, 7) is 0. The number of rotatable bonds is 3. The van der Waals surface area contributed by atoms with Gasteiger partial charge in [-0.1, -0.05) is 0 Å². The zero-order valence-corrected chi connectivity index (χ0v) is 6.54. The average Bonchev–Trinajstić information content (AvgIpc) is 2.35. The van der Waals surface area contributed by atoms with Gasteiger partial charge in [-0.2, -0.15) is 0 Å². The summed E-state index contributed by atoms with van der Waals surface area (Å²) in [6, 6.07) is -0.473. The van der Waals surface area contributed by atoms with Crippen LogP contribution in [0.15, 0.2) is 10.9 Å². The van der Waals surface area contributed by atoms with E-state index in [0.29, 0.717) is 5.69 Å².